The Balaban J connectivity index is 1.40. The average molecular weight is 393 g/mol. The fraction of sp³-hybridized carbons (Fsp3) is 0.409. The van der Waals surface area contributed by atoms with Crippen LogP contribution in [0.25, 0.3) is 11.3 Å². The number of aryl methyl sites for hydroxylation is 2. The van der Waals surface area contributed by atoms with Crippen LogP contribution in [0, 0.1) is 0 Å². The molecule has 0 saturated heterocycles. The van der Waals surface area contributed by atoms with Gasteiger partial charge in [-0.1, -0.05) is 24.3 Å². The van der Waals surface area contributed by atoms with Gasteiger partial charge in [0.1, 0.15) is 0 Å². The quantitative estimate of drug-likeness (QED) is 0.676. The van der Waals surface area contributed by atoms with E-state index in [1.165, 1.54) is 5.69 Å². The zero-order valence-electron chi connectivity index (χ0n) is 17.3. The standard InChI is InChI=1S/C22H28N6O/c1-27(2)14-17-12-20(26-28(17)3)16-10-8-15(9-11-16)13-23-22(29)21-18-6-4-5-7-19(18)24-25-21/h8-12H,4-7,13-14H2,1-3H3,(H,23,29)(H,24,25). The van der Waals surface area contributed by atoms with E-state index in [1.54, 1.807) is 0 Å². The predicted molar refractivity (Wildman–Crippen MR) is 112 cm³/mol. The molecule has 0 unspecified atom stereocenters. The maximum Gasteiger partial charge on any atom is 0.272 e. The average Bonchev–Trinajstić information content (AvgIpc) is 3.30. The van der Waals surface area contributed by atoms with Crippen molar-refractivity contribution >= 4 is 5.91 Å². The van der Waals surface area contributed by atoms with Crippen LogP contribution in [-0.2, 0) is 33.0 Å². The Hall–Kier alpha value is -2.93. The Morgan fingerprint density at radius 2 is 1.97 bits per heavy atom. The second kappa shape index (κ2) is 8.21. The van der Waals surface area contributed by atoms with Crippen LogP contribution in [0.2, 0.25) is 0 Å². The number of carbonyl (C=O) groups excluding carboxylic acids is 1. The van der Waals surface area contributed by atoms with E-state index >= 15 is 0 Å². The molecule has 1 aliphatic rings. The number of amides is 1. The van der Waals surface area contributed by atoms with Gasteiger partial charge in [0.05, 0.1) is 11.4 Å². The van der Waals surface area contributed by atoms with Crippen LogP contribution in [0.5, 0.6) is 0 Å². The molecule has 1 aromatic carbocycles. The van der Waals surface area contributed by atoms with E-state index in [1.807, 2.05) is 23.9 Å². The molecule has 4 rings (SSSR count). The van der Waals surface area contributed by atoms with Crippen LogP contribution in [0.15, 0.2) is 30.3 Å². The number of aromatic nitrogens is 4. The summed E-state index contributed by atoms with van der Waals surface area (Å²) in [5, 5.41) is 14.9. The molecule has 0 fully saturated rings. The summed E-state index contributed by atoms with van der Waals surface area (Å²) >= 11 is 0. The van der Waals surface area contributed by atoms with Crippen molar-refractivity contribution in [2.45, 2.75) is 38.8 Å². The molecule has 2 aromatic heterocycles. The molecule has 7 nitrogen and oxygen atoms in total. The molecule has 2 N–H and O–H groups in total. The second-order valence-electron chi connectivity index (χ2n) is 8.00. The number of benzene rings is 1. The van der Waals surface area contributed by atoms with Crippen LogP contribution >= 0.6 is 0 Å². The number of nitrogens with zero attached hydrogens (tertiary/aromatic N) is 4. The van der Waals surface area contributed by atoms with E-state index in [9.17, 15) is 4.79 Å². The monoisotopic (exact) mass is 392 g/mol. The Labute approximate surface area is 171 Å². The van der Waals surface area contributed by atoms with Gasteiger partial charge in [0.2, 0.25) is 0 Å². The van der Waals surface area contributed by atoms with Gasteiger partial charge in [0.25, 0.3) is 5.91 Å². The van der Waals surface area contributed by atoms with Crippen molar-refractivity contribution in [2.24, 2.45) is 7.05 Å². The van der Waals surface area contributed by atoms with Crippen LogP contribution in [0.1, 0.15) is 45.8 Å². The zero-order chi connectivity index (χ0) is 20.4. The van der Waals surface area contributed by atoms with Gasteiger partial charge in [-0.15, -0.1) is 0 Å². The highest BCUT2D eigenvalue weighted by molar-refractivity contribution is 5.94. The Bertz CT molecular complexity index is 999. The highest BCUT2D eigenvalue weighted by Crippen LogP contribution is 2.22. The van der Waals surface area contributed by atoms with Gasteiger partial charge in [-0.05, 0) is 51.4 Å². The number of nitrogens with one attached hydrogen (secondary N) is 2. The summed E-state index contributed by atoms with van der Waals surface area (Å²) in [7, 11) is 6.07. The van der Waals surface area contributed by atoms with Crippen LogP contribution in [0.3, 0.4) is 0 Å². The van der Waals surface area contributed by atoms with Crippen molar-refractivity contribution in [3.05, 3.63) is 58.5 Å². The summed E-state index contributed by atoms with van der Waals surface area (Å²) in [6.07, 6.45) is 4.21. The normalized spacial score (nSPS) is 13.5. The largest absolute Gasteiger partial charge is 0.347 e. The van der Waals surface area contributed by atoms with E-state index in [4.69, 9.17) is 0 Å². The lowest BCUT2D eigenvalue weighted by molar-refractivity contribution is 0.0945. The lowest BCUT2D eigenvalue weighted by atomic mass is 9.96. The fourth-order valence-corrected chi connectivity index (χ4v) is 3.85. The zero-order valence-corrected chi connectivity index (χ0v) is 17.3. The molecule has 0 spiro atoms. The van der Waals surface area contributed by atoms with Crippen molar-refractivity contribution < 1.29 is 4.79 Å². The third-order valence-corrected chi connectivity index (χ3v) is 5.43. The first kappa shape index (κ1) is 19.4. The molecular formula is C22H28N6O. The molecule has 0 atom stereocenters. The highest BCUT2D eigenvalue weighted by Gasteiger charge is 2.21. The van der Waals surface area contributed by atoms with Crippen molar-refractivity contribution in [3.8, 4) is 11.3 Å². The van der Waals surface area contributed by atoms with Crippen LogP contribution < -0.4 is 5.32 Å². The van der Waals surface area contributed by atoms with Gasteiger partial charge in [-0.25, -0.2) is 0 Å². The summed E-state index contributed by atoms with van der Waals surface area (Å²) in [5.74, 6) is -0.105. The molecule has 152 valence electrons. The molecule has 29 heavy (non-hydrogen) atoms. The van der Waals surface area contributed by atoms with Crippen molar-refractivity contribution in [3.63, 3.8) is 0 Å². The van der Waals surface area contributed by atoms with Crippen LogP contribution in [-0.4, -0.2) is 44.9 Å². The lowest BCUT2D eigenvalue weighted by Gasteiger charge is -2.11. The molecule has 3 aromatic rings. The summed E-state index contributed by atoms with van der Waals surface area (Å²) in [4.78, 5) is 14.7. The fourth-order valence-electron chi connectivity index (χ4n) is 3.85. The van der Waals surface area contributed by atoms with Gasteiger partial charge in [0.15, 0.2) is 5.69 Å². The molecule has 7 heteroatoms. The van der Waals surface area contributed by atoms with E-state index < -0.39 is 0 Å². The molecule has 0 radical (unpaired) electrons. The smallest absolute Gasteiger partial charge is 0.272 e. The molecule has 0 bridgehead atoms. The Morgan fingerprint density at radius 3 is 2.72 bits per heavy atom. The summed E-state index contributed by atoms with van der Waals surface area (Å²) in [5.41, 5.74) is 7.02. The van der Waals surface area contributed by atoms with Crippen molar-refractivity contribution in [1.29, 1.82) is 0 Å². The number of rotatable bonds is 6. The van der Waals surface area contributed by atoms with Crippen LogP contribution in [0.4, 0.5) is 0 Å². The van der Waals surface area contributed by atoms with E-state index in [0.29, 0.717) is 12.2 Å². The number of fused-ring (bicyclic) bond motifs is 1. The van der Waals surface area contributed by atoms with Gasteiger partial charge in [-0.2, -0.15) is 10.2 Å². The molecule has 0 aliphatic heterocycles. The first-order valence-electron chi connectivity index (χ1n) is 10.1. The first-order valence-corrected chi connectivity index (χ1v) is 10.1. The highest BCUT2D eigenvalue weighted by atomic mass is 16.1. The minimum atomic E-state index is -0.105. The van der Waals surface area contributed by atoms with Crippen molar-refractivity contribution in [2.75, 3.05) is 14.1 Å². The van der Waals surface area contributed by atoms with Gasteiger partial charge >= 0.3 is 0 Å². The molecule has 2 heterocycles. The lowest BCUT2D eigenvalue weighted by Crippen LogP contribution is -2.24. The summed E-state index contributed by atoms with van der Waals surface area (Å²) < 4.78 is 1.92. The molecular weight excluding hydrogens is 364 g/mol. The number of carbonyl (C=O) groups is 1. The minimum Gasteiger partial charge on any atom is -0.347 e. The number of H-pyrrole nitrogens is 1. The molecule has 1 amide bonds. The topological polar surface area (TPSA) is 78.8 Å². The summed E-state index contributed by atoms with van der Waals surface area (Å²) in [6, 6.07) is 10.3. The maximum atomic E-state index is 12.6. The number of hydrogen-bond acceptors (Lipinski definition) is 4. The van der Waals surface area contributed by atoms with Crippen molar-refractivity contribution in [1.82, 2.24) is 30.2 Å². The number of hydrogen-bond donors (Lipinski definition) is 2. The number of aromatic amines is 1. The predicted octanol–water partition coefficient (Wildman–Crippen LogP) is 2.68. The Morgan fingerprint density at radius 1 is 1.21 bits per heavy atom. The summed E-state index contributed by atoms with van der Waals surface area (Å²) in [6.45, 7) is 1.33. The third-order valence-electron chi connectivity index (χ3n) is 5.43. The van der Waals surface area contributed by atoms with E-state index in [0.717, 1.165) is 60.3 Å². The molecule has 1 aliphatic carbocycles. The van der Waals surface area contributed by atoms with Gasteiger partial charge in [0, 0.05) is 37.0 Å². The van der Waals surface area contributed by atoms with Gasteiger partial charge < -0.3 is 10.2 Å². The maximum absolute atomic E-state index is 12.6. The van der Waals surface area contributed by atoms with E-state index in [2.05, 4.69) is 57.8 Å². The first-order chi connectivity index (χ1) is 14.0. The Kier molecular flexibility index (Phi) is 5.49. The van der Waals surface area contributed by atoms with Gasteiger partial charge in [-0.3, -0.25) is 14.6 Å². The van der Waals surface area contributed by atoms with E-state index in [-0.39, 0.29) is 5.91 Å². The second-order valence-corrected chi connectivity index (χ2v) is 8.00. The SMILES string of the molecule is CN(C)Cc1cc(-c2ccc(CNC(=O)c3n[nH]c4c3CCCC4)cc2)nn1C. The minimum absolute atomic E-state index is 0.105. The third kappa shape index (κ3) is 4.24. The molecule has 0 saturated carbocycles.